The fourth-order valence-corrected chi connectivity index (χ4v) is 2.83. The summed E-state index contributed by atoms with van der Waals surface area (Å²) in [7, 11) is 3.74. The molecule has 3 heteroatoms. The third kappa shape index (κ3) is 1.77. The van der Waals surface area contributed by atoms with E-state index in [4.69, 9.17) is 1.37 Å². The summed E-state index contributed by atoms with van der Waals surface area (Å²) in [5.74, 6) is -0.0493. The molecule has 19 heavy (non-hydrogen) atoms. The quantitative estimate of drug-likeness (QED) is 0.711. The average molecular weight is 255 g/mol. The maximum Gasteiger partial charge on any atom is 0.252 e. The summed E-state index contributed by atoms with van der Waals surface area (Å²) >= 11 is 0. The number of allylic oxidation sites excluding steroid dienone is 1. The summed E-state index contributed by atoms with van der Waals surface area (Å²) in [5, 5.41) is 0. The Morgan fingerprint density at radius 3 is 2.89 bits per heavy atom. The molecule has 1 amide bonds. The predicted molar refractivity (Wildman–Crippen MR) is 76.1 cm³/mol. The maximum absolute atomic E-state index is 12.6. The molecule has 0 unspecified atom stereocenters. The van der Waals surface area contributed by atoms with Crippen molar-refractivity contribution in [3.8, 4) is 0 Å². The van der Waals surface area contributed by atoms with Crippen molar-refractivity contribution in [3.05, 3.63) is 52.7 Å². The van der Waals surface area contributed by atoms with Crippen LogP contribution in [0.2, 0.25) is 0 Å². The van der Waals surface area contributed by atoms with Crippen LogP contribution < -0.4 is 0 Å². The van der Waals surface area contributed by atoms with Crippen molar-refractivity contribution in [2.24, 2.45) is 0 Å². The first kappa shape index (κ1) is 10.9. The van der Waals surface area contributed by atoms with Gasteiger partial charge in [0.1, 0.15) is 0 Å². The minimum absolute atomic E-state index is 0.0493. The molecule has 0 spiro atoms. The van der Waals surface area contributed by atoms with Crippen LogP contribution in [-0.4, -0.2) is 29.8 Å². The van der Waals surface area contributed by atoms with E-state index in [1.165, 1.54) is 0 Å². The number of benzene rings is 1. The first-order valence-corrected chi connectivity index (χ1v) is 6.42. The highest BCUT2D eigenvalue weighted by molar-refractivity contribution is 6.03. The summed E-state index contributed by atoms with van der Waals surface area (Å²) < 4.78 is 8.20. The number of likely N-dealkylation sites (N-methyl/N-ethyl adjacent to an activating group) is 1. The Kier molecular flexibility index (Phi) is 2.44. The smallest absolute Gasteiger partial charge is 0.252 e. The summed E-state index contributed by atoms with van der Waals surface area (Å²) in [6.45, 7) is 2.65. The summed E-state index contributed by atoms with van der Waals surface area (Å²) in [5.41, 5.74) is 4.84. The Bertz CT molecular complexity index is 648. The predicted octanol–water partition coefficient (Wildman–Crippen LogP) is 2.53. The van der Waals surface area contributed by atoms with Crippen LogP contribution in [-0.2, 0) is 11.3 Å². The lowest BCUT2D eigenvalue weighted by Gasteiger charge is -2.26. The van der Waals surface area contributed by atoms with Crippen LogP contribution in [0, 0.1) is 6.92 Å². The zero-order valence-electron chi connectivity index (χ0n) is 12.5. The first-order valence-electron chi connectivity index (χ1n) is 7.00. The van der Waals surface area contributed by atoms with E-state index in [0.29, 0.717) is 12.1 Å². The van der Waals surface area contributed by atoms with E-state index >= 15 is 0 Å². The molecule has 2 aliphatic rings. The van der Waals surface area contributed by atoms with Crippen molar-refractivity contribution in [1.29, 1.82) is 0 Å². The number of aryl methyl sites for hydroxylation is 1. The topological polar surface area (TPSA) is 23.6 Å². The fraction of sp³-hybridized carbons (Fsp3) is 0.312. The lowest BCUT2D eigenvalue weighted by molar-refractivity contribution is -0.126. The number of rotatable bonds is 0. The van der Waals surface area contributed by atoms with Gasteiger partial charge in [0.25, 0.3) is 5.91 Å². The number of nitrogens with zero attached hydrogens (tertiary/aromatic N) is 2. The van der Waals surface area contributed by atoms with E-state index in [-0.39, 0.29) is 5.91 Å². The Balaban J connectivity index is 2.34. The molecule has 1 aromatic carbocycles. The van der Waals surface area contributed by atoms with Gasteiger partial charge in [-0.3, -0.25) is 4.79 Å². The van der Waals surface area contributed by atoms with Crippen LogP contribution in [0.5, 0.6) is 0 Å². The molecule has 0 aromatic heterocycles. The highest BCUT2D eigenvalue weighted by atomic mass is 16.2. The molecule has 0 radical (unpaired) electrons. The fourth-order valence-electron chi connectivity index (χ4n) is 2.83. The van der Waals surface area contributed by atoms with Gasteiger partial charge in [0.15, 0.2) is 0 Å². The molecule has 3 nitrogen and oxygen atoms in total. The van der Waals surface area contributed by atoms with Crippen LogP contribution in [0.25, 0.3) is 5.70 Å². The molecule has 3 rings (SSSR count). The third-order valence-electron chi connectivity index (χ3n) is 3.76. The van der Waals surface area contributed by atoms with Crippen molar-refractivity contribution in [3.63, 3.8) is 0 Å². The van der Waals surface area contributed by atoms with Gasteiger partial charge in [0.2, 0.25) is 0 Å². The average Bonchev–Trinajstić information content (AvgIpc) is 2.52. The van der Waals surface area contributed by atoms with Gasteiger partial charge in [-0.2, -0.15) is 0 Å². The van der Waals surface area contributed by atoms with Gasteiger partial charge in [-0.15, -0.1) is 0 Å². The second-order valence-electron chi connectivity index (χ2n) is 5.15. The first-order chi connectivity index (χ1) is 9.50. The van der Waals surface area contributed by atoms with Crippen molar-refractivity contribution in [2.75, 3.05) is 14.1 Å². The number of fused-ring (bicyclic) bond motifs is 2. The Morgan fingerprint density at radius 2 is 2.11 bits per heavy atom. The van der Waals surface area contributed by atoms with E-state index in [1.807, 2.05) is 24.2 Å². The van der Waals surface area contributed by atoms with Crippen molar-refractivity contribution in [2.45, 2.75) is 19.9 Å². The van der Waals surface area contributed by atoms with Gasteiger partial charge in [0.05, 0.1) is 5.70 Å². The summed E-state index contributed by atoms with van der Waals surface area (Å²) in [6.07, 6.45) is 3.04. The van der Waals surface area contributed by atoms with Gasteiger partial charge in [-0.05, 0) is 24.4 Å². The van der Waals surface area contributed by atoms with Crippen LogP contribution in [0.3, 0.4) is 0 Å². The van der Waals surface area contributed by atoms with Crippen LogP contribution in [0.15, 0.2) is 36.0 Å². The van der Waals surface area contributed by atoms with E-state index in [0.717, 1.165) is 22.4 Å². The lowest BCUT2D eigenvalue weighted by Crippen LogP contribution is -2.28. The summed E-state index contributed by atoms with van der Waals surface area (Å²) in [4.78, 5) is 16.3. The van der Waals surface area contributed by atoms with Gasteiger partial charge >= 0.3 is 0 Å². The van der Waals surface area contributed by atoms with Crippen LogP contribution in [0.1, 0.15) is 24.5 Å². The molecule has 98 valence electrons. The monoisotopic (exact) mass is 255 g/mol. The van der Waals surface area contributed by atoms with E-state index in [9.17, 15) is 4.79 Å². The molecule has 0 saturated carbocycles. The minimum Gasteiger partial charge on any atom is -0.350 e. The van der Waals surface area contributed by atoms with Crippen molar-refractivity contribution < 1.29 is 6.17 Å². The molecular weight excluding hydrogens is 236 g/mol. The molecular formula is C16H18N2O. The molecule has 1 atom stereocenters. The van der Waals surface area contributed by atoms with E-state index in [1.54, 1.807) is 18.0 Å². The zero-order chi connectivity index (χ0) is 14.4. The standard InChI is InChI=1S/C16H18N2O/c1-11-6-4-7-12-10-18(3)16(19)13-8-5-9-17(2)15(13)14(11)12/h4-7,9H,8,10H2,1-3H3/i8D/t8-/m0/s1. The molecule has 0 N–H and O–H groups in total. The van der Waals surface area contributed by atoms with Crippen LogP contribution >= 0.6 is 0 Å². The SMILES string of the molecule is [2H][C@H]1C=CN(C)C2=C1C(=O)N(C)Cc1cccc(C)c12. The summed E-state index contributed by atoms with van der Waals surface area (Å²) in [6, 6.07) is 6.15. The number of carbonyl (C=O) groups is 1. The molecule has 2 aliphatic heterocycles. The lowest BCUT2D eigenvalue weighted by atomic mass is 9.94. The molecule has 0 bridgehead atoms. The van der Waals surface area contributed by atoms with Gasteiger partial charge < -0.3 is 9.80 Å². The number of hydrogen-bond donors (Lipinski definition) is 0. The molecule has 0 aliphatic carbocycles. The minimum atomic E-state index is -0.596. The second-order valence-corrected chi connectivity index (χ2v) is 5.15. The molecule has 2 heterocycles. The van der Waals surface area contributed by atoms with Crippen molar-refractivity contribution in [1.82, 2.24) is 9.80 Å². The van der Waals surface area contributed by atoms with E-state index in [2.05, 4.69) is 19.1 Å². The Hall–Kier alpha value is -2.03. The van der Waals surface area contributed by atoms with Gasteiger partial charge in [-0.25, -0.2) is 0 Å². The third-order valence-corrected chi connectivity index (χ3v) is 3.76. The van der Waals surface area contributed by atoms with Gasteiger partial charge in [-0.1, -0.05) is 24.3 Å². The Labute approximate surface area is 115 Å². The Morgan fingerprint density at radius 1 is 1.32 bits per heavy atom. The van der Waals surface area contributed by atoms with Gasteiger partial charge in [0, 0.05) is 39.3 Å². The molecule has 1 aromatic rings. The zero-order valence-corrected chi connectivity index (χ0v) is 11.5. The van der Waals surface area contributed by atoms with E-state index < -0.39 is 6.40 Å². The van der Waals surface area contributed by atoms with Crippen LogP contribution in [0.4, 0.5) is 0 Å². The normalized spacial score (nSPS) is 23.0. The number of hydrogen-bond acceptors (Lipinski definition) is 2. The maximum atomic E-state index is 12.6. The largest absolute Gasteiger partial charge is 0.350 e. The number of amides is 1. The van der Waals surface area contributed by atoms with Crippen molar-refractivity contribution >= 4 is 11.6 Å². The highest BCUT2D eigenvalue weighted by Gasteiger charge is 2.29. The highest BCUT2D eigenvalue weighted by Crippen LogP contribution is 2.36. The second kappa shape index (κ2) is 4.26. The molecule has 0 fully saturated rings. The number of carbonyl (C=O) groups excluding carboxylic acids is 1. The molecule has 0 saturated heterocycles.